The quantitative estimate of drug-likeness (QED) is 0.171. The molecule has 11 heteroatoms. The molecule has 1 saturated carbocycles. The van der Waals surface area contributed by atoms with Crippen LogP contribution in [0.5, 0.6) is 0 Å². The molecule has 0 spiro atoms. The van der Waals surface area contributed by atoms with Gasteiger partial charge in [-0.1, -0.05) is 38.2 Å². The Hall–Kier alpha value is -1.96. The molecular weight excluding hydrogens is 702 g/mol. The van der Waals surface area contributed by atoms with E-state index in [-0.39, 0.29) is 103 Å². The Balaban J connectivity index is 1.22. The molecule has 55 heavy (non-hydrogen) atoms. The second-order valence-corrected chi connectivity index (χ2v) is 17.1. The van der Waals surface area contributed by atoms with Crippen molar-refractivity contribution in [1.29, 1.82) is 0 Å². The predicted octanol–water partition coefficient (Wildman–Crippen LogP) is 6.43. The number of ether oxygens (including phenoxy) is 8. The average Bonchev–Trinajstić information content (AvgIpc) is 3.73. The lowest BCUT2D eigenvalue weighted by Crippen LogP contribution is -2.60. The molecular formula is C44H69NO10. The van der Waals surface area contributed by atoms with E-state index in [0.29, 0.717) is 25.5 Å². The van der Waals surface area contributed by atoms with E-state index in [1.54, 1.807) is 14.2 Å². The highest BCUT2D eigenvalue weighted by Gasteiger charge is 2.53. The Morgan fingerprint density at radius 1 is 0.873 bits per heavy atom. The van der Waals surface area contributed by atoms with Crippen molar-refractivity contribution in [1.82, 2.24) is 4.90 Å². The molecule has 6 unspecified atom stereocenters. The number of methoxy groups -OCH3 is 2. The number of likely N-dealkylation sites (N-methyl/N-ethyl adjacent to an activating group) is 1. The molecule has 3 aliphatic carbocycles. The lowest BCUT2D eigenvalue weighted by Gasteiger charge is -2.44. The first kappa shape index (κ1) is 42.6. The monoisotopic (exact) mass is 771 g/mol. The van der Waals surface area contributed by atoms with Gasteiger partial charge in [-0.05, 0) is 122 Å². The third-order valence-corrected chi connectivity index (χ3v) is 13.4. The van der Waals surface area contributed by atoms with Crippen molar-refractivity contribution in [3.63, 3.8) is 0 Å². The summed E-state index contributed by atoms with van der Waals surface area (Å²) in [7, 11) is 7.52. The molecule has 11 nitrogen and oxygen atoms in total. The minimum Gasteiger partial charge on any atom is -0.458 e. The number of ketones is 1. The maximum atomic E-state index is 14.8. The van der Waals surface area contributed by atoms with Crippen molar-refractivity contribution >= 4 is 11.8 Å². The van der Waals surface area contributed by atoms with Crippen LogP contribution >= 0.6 is 0 Å². The first-order chi connectivity index (χ1) is 26.5. The molecule has 3 saturated heterocycles. The van der Waals surface area contributed by atoms with E-state index in [2.05, 4.69) is 57.1 Å². The Morgan fingerprint density at radius 2 is 1.65 bits per heavy atom. The van der Waals surface area contributed by atoms with Crippen molar-refractivity contribution in [2.24, 2.45) is 35.5 Å². The zero-order valence-corrected chi connectivity index (χ0v) is 34.8. The van der Waals surface area contributed by atoms with Crippen LogP contribution in [0.25, 0.3) is 0 Å². The number of hydrogen-bond donors (Lipinski definition) is 0. The molecule has 0 radical (unpaired) electrons. The van der Waals surface area contributed by atoms with E-state index in [1.807, 2.05) is 26.8 Å². The van der Waals surface area contributed by atoms with E-state index >= 15 is 0 Å². The zero-order valence-electron chi connectivity index (χ0n) is 34.8. The van der Waals surface area contributed by atoms with E-state index < -0.39 is 12.4 Å². The van der Waals surface area contributed by atoms with Gasteiger partial charge in [-0.15, -0.1) is 0 Å². The van der Waals surface area contributed by atoms with Crippen LogP contribution in [-0.2, 0) is 47.5 Å². The van der Waals surface area contributed by atoms with Crippen LogP contribution in [0.1, 0.15) is 92.4 Å². The van der Waals surface area contributed by atoms with E-state index in [9.17, 15) is 9.59 Å². The molecule has 0 bridgehead atoms. The number of rotatable bonds is 11. The summed E-state index contributed by atoms with van der Waals surface area (Å²) in [5, 5.41) is 0. The van der Waals surface area contributed by atoms with Gasteiger partial charge >= 0.3 is 5.97 Å². The largest absolute Gasteiger partial charge is 0.458 e. The van der Waals surface area contributed by atoms with Gasteiger partial charge in [0.1, 0.15) is 24.4 Å². The van der Waals surface area contributed by atoms with Crippen molar-refractivity contribution in [3.8, 4) is 0 Å². The van der Waals surface area contributed by atoms with E-state index in [4.69, 9.17) is 37.9 Å². The highest BCUT2D eigenvalue weighted by Crippen LogP contribution is 2.54. The number of esters is 1. The molecule has 310 valence electrons. The van der Waals surface area contributed by atoms with Crippen LogP contribution in [0.4, 0.5) is 0 Å². The molecule has 17 atom stereocenters. The van der Waals surface area contributed by atoms with Gasteiger partial charge in [0.05, 0.1) is 30.8 Å². The summed E-state index contributed by atoms with van der Waals surface area (Å²) in [5.74, 6) is -0.123. The number of carbonyl (C=O) groups excluding carboxylic acids is 2. The van der Waals surface area contributed by atoms with Crippen LogP contribution in [-0.4, -0.2) is 119 Å². The maximum absolute atomic E-state index is 14.8. The third-order valence-electron chi connectivity index (χ3n) is 13.4. The summed E-state index contributed by atoms with van der Waals surface area (Å²) in [4.78, 5) is 30.7. The second-order valence-electron chi connectivity index (χ2n) is 17.1. The number of Topliss-reactive ketones (excluding diaryl/α,β-unsaturated/α-hetero) is 1. The Bertz CT molecular complexity index is 1380. The molecule has 6 aliphatic rings. The fourth-order valence-corrected chi connectivity index (χ4v) is 10.6. The third kappa shape index (κ3) is 9.51. The van der Waals surface area contributed by atoms with Gasteiger partial charge in [0.25, 0.3) is 0 Å². The van der Waals surface area contributed by atoms with Crippen molar-refractivity contribution < 1.29 is 47.5 Å². The van der Waals surface area contributed by atoms with Crippen molar-refractivity contribution in [2.45, 2.75) is 160 Å². The summed E-state index contributed by atoms with van der Waals surface area (Å²) in [5.41, 5.74) is 0.753. The van der Waals surface area contributed by atoms with Gasteiger partial charge in [-0.3, -0.25) is 9.59 Å². The van der Waals surface area contributed by atoms with Crippen LogP contribution in [0.3, 0.4) is 0 Å². The highest BCUT2D eigenvalue weighted by atomic mass is 16.7. The van der Waals surface area contributed by atoms with Crippen LogP contribution in [0.2, 0.25) is 0 Å². The zero-order chi connectivity index (χ0) is 39.4. The first-order valence-electron chi connectivity index (χ1n) is 21.2. The summed E-state index contributed by atoms with van der Waals surface area (Å²) in [6.45, 7) is 10.7. The number of allylic oxidation sites excluding steroid dienone is 5. The standard InChI is InChI=1S/C44H69NO10/c1-10-12-14-29-15-13-16-37(55-39-20-19-36(45(6)7)26(4)51-39)25(3)40(47)35-23-33-31(34(35)24-38(46)53-29)18-17-28-21-30(22-32(28)33)54-44-43(49-9)42(50-11-2)41(48-8)27(5)52-44/h12,14,17-18,23,25-34,36-37,39,41-44H,10-11,13,15-16,19-22,24H2,1-9H3/t25-,26-,27+,28?,29+,30-,31?,32?,33?,34?,36+,37+,39?,41+,42-,43-,44+/m1/s1. The normalized spacial score (nSPS) is 44.0. The Morgan fingerprint density at radius 3 is 2.35 bits per heavy atom. The average molecular weight is 772 g/mol. The van der Waals surface area contributed by atoms with Gasteiger partial charge < -0.3 is 42.8 Å². The molecule has 6 rings (SSSR count). The van der Waals surface area contributed by atoms with Crippen molar-refractivity contribution in [3.05, 3.63) is 36.0 Å². The minimum absolute atomic E-state index is 0.0265. The number of nitrogens with zero attached hydrogens (tertiary/aromatic N) is 1. The van der Waals surface area contributed by atoms with Gasteiger partial charge in [-0.25, -0.2) is 0 Å². The van der Waals surface area contributed by atoms with Gasteiger partial charge in [-0.2, -0.15) is 0 Å². The maximum Gasteiger partial charge on any atom is 0.307 e. The smallest absolute Gasteiger partial charge is 0.307 e. The second kappa shape index (κ2) is 19.2. The fraction of sp³-hybridized carbons (Fsp3) is 0.818. The van der Waals surface area contributed by atoms with Crippen molar-refractivity contribution in [2.75, 3.05) is 34.9 Å². The molecule has 0 N–H and O–H groups in total. The van der Waals surface area contributed by atoms with Gasteiger partial charge in [0.15, 0.2) is 18.4 Å². The molecule has 0 aromatic rings. The van der Waals surface area contributed by atoms with Gasteiger partial charge in [0, 0.05) is 38.7 Å². The molecule has 0 aromatic carbocycles. The summed E-state index contributed by atoms with van der Waals surface area (Å²) >= 11 is 0. The Labute approximate surface area is 329 Å². The Kier molecular flexibility index (Phi) is 14.9. The predicted molar refractivity (Wildman–Crippen MR) is 208 cm³/mol. The molecule has 0 aromatic heterocycles. The lowest BCUT2D eigenvalue weighted by atomic mass is 9.70. The minimum atomic E-state index is -0.599. The van der Waals surface area contributed by atoms with Gasteiger partial charge in [0.2, 0.25) is 0 Å². The SMILES string of the molecule is CCC=C[C@H]1CCC[C@H](OC2CC[C@H](N(C)C)[C@@H](C)O2)[C@@H](C)C(=O)C2=CC3C(C=CC4C[C@@H](O[C@@H]5O[C@@H](C)[C@H](OC)[C@@H](OCC)[C@H]5OC)CC43)C2CC(=O)O1. The summed E-state index contributed by atoms with van der Waals surface area (Å²) < 4.78 is 50.2. The molecule has 3 aliphatic heterocycles. The van der Waals surface area contributed by atoms with E-state index in [0.717, 1.165) is 44.1 Å². The topological polar surface area (TPSA) is 111 Å². The summed E-state index contributed by atoms with van der Waals surface area (Å²) in [6, 6.07) is 0.330. The molecule has 3 heterocycles. The lowest BCUT2D eigenvalue weighted by molar-refractivity contribution is -0.317. The number of hydrogen-bond acceptors (Lipinski definition) is 11. The van der Waals surface area contributed by atoms with E-state index in [1.165, 1.54) is 0 Å². The molecule has 0 amide bonds. The van der Waals surface area contributed by atoms with Crippen LogP contribution in [0.15, 0.2) is 36.0 Å². The number of fused-ring (bicyclic) bond motifs is 5. The van der Waals surface area contributed by atoms with Crippen LogP contribution < -0.4 is 0 Å². The summed E-state index contributed by atoms with van der Waals surface area (Å²) in [6.07, 6.45) is 14.6. The molecule has 4 fully saturated rings. The fourth-order valence-electron chi connectivity index (χ4n) is 10.6. The first-order valence-corrected chi connectivity index (χ1v) is 21.2. The number of carbonyl (C=O) groups is 2. The number of cyclic esters (lactones) is 1. The van der Waals surface area contributed by atoms with Crippen LogP contribution in [0, 0.1) is 35.5 Å². The highest BCUT2D eigenvalue weighted by molar-refractivity contribution is 5.99.